The number of aliphatic imine (C=N–C) groups is 2. The van der Waals surface area contributed by atoms with E-state index in [4.69, 9.17) is 5.11 Å². The van der Waals surface area contributed by atoms with Gasteiger partial charge in [-0.25, -0.2) is 0 Å². The van der Waals surface area contributed by atoms with Crippen molar-refractivity contribution in [3.63, 3.8) is 0 Å². The molecule has 1 amide bonds. The van der Waals surface area contributed by atoms with E-state index in [0.29, 0.717) is 11.3 Å². The molecule has 2 unspecified atom stereocenters. The van der Waals surface area contributed by atoms with Gasteiger partial charge < -0.3 is 10.4 Å². The van der Waals surface area contributed by atoms with Crippen molar-refractivity contribution in [3.8, 4) is 0 Å². The first-order valence-corrected chi connectivity index (χ1v) is 10.6. The fourth-order valence-corrected chi connectivity index (χ4v) is 2.66. The number of aliphatic carboxylic acids is 1. The molecule has 0 aromatic heterocycles. The topological polar surface area (TPSA) is 91.1 Å². The summed E-state index contributed by atoms with van der Waals surface area (Å²) in [6.45, 7) is 8.51. The van der Waals surface area contributed by atoms with Crippen LogP contribution in [0.4, 0.5) is 13.2 Å². The maximum atomic E-state index is 12.5. The first-order chi connectivity index (χ1) is 15.4. The smallest absolute Gasteiger partial charge is 0.396 e. The largest absolute Gasteiger partial charge is 0.481 e. The number of carbonyl (C=O) groups excluding carboxylic acids is 1. The van der Waals surface area contributed by atoms with Crippen LogP contribution in [0.3, 0.4) is 0 Å². The SMILES string of the molecule is C=C(/C=C\C(C)=NC(CCC)c1ccc(C(=O)NCCC(=O)O)cc1)N=CC(C)C(F)(F)F. The minimum atomic E-state index is -4.34. The average Bonchev–Trinajstić information content (AvgIpc) is 2.74. The summed E-state index contributed by atoms with van der Waals surface area (Å²) in [6, 6.07) is 6.76. The zero-order chi connectivity index (χ0) is 25.0. The highest BCUT2D eigenvalue weighted by Gasteiger charge is 2.34. The molecule has 2 N–H and O–H groups in total. The van der Waals surface area contributed by atoms with Gasteiger partial charge in [0.2, 0.25) is 0 Å². The van der Waals surface area contributed by atoms with E-state index in [0.717, 1.165) is 31.5 Å². The van der Waals surface area contributed by atoms with Crippen molar-refractivity contribution in [3.05, 3.63) is 59.8 Å². The molecule has 33 heavy (non-hydrogen) atoms. The van der Waals surface area contributed by atoms with Gasteiger partial charge in [0.1, 0.15) is 0 Å². The van der Waals surface area contributed by atoms with Gasteiger partial charge in [0.25, 0.3) is 5.91 Å². The van der Waals surface area contributed by atoms with Crippen LogP contribution in [-0.4, -0.2) is 41.6 Å². The van der Waals surface area contributed by atoms with Gasteiger partial charge in [-0.3, -0.25) is 19.6 Å². The van der Waals surface area contributed by atoms with Crippen LogP contribution in [-0.2, 0) is 4.79 Å². The van der Waals surface area contributed by atoms with Gasteiger partial charge in [-0.1, -0.05) is 32.1 Å². The van der Waals surface area contributed by atoms with Gasteiger partial charge >= 0.3 is 12.1 Å². The van der Waals surface area contributed by atoms with Crippen LogP contribution in [0.25, 0.3) is 0 Å². The van der Waals surface area contributed by atoms with Crippen LogP contribution in [0.1, 0.15) is 62.0 Å². The van der Waals surface area contributed by atoms with Crippen LogP contribution in [0, 0.1) is 5.92 Å². The predicted molar refractivity (Wildman–Crippen MR) is 124 cm³/mol. The normalized spacial score (nSPS) is 14.4. The number of benzene rings is 1. The molecule has 2 atom stereocenters. The van der Waals surface area contributed by atoms with Crippen molar-refractivity contribution < 1.29 is 27.9 Å². The summed E-state index contributed by atoms with van der Waals surface area (Å²) < 4.78 is 37.6. The van der Waals surface area contributed by atoms with Crippen LogP contribution >= 0.6 is 0 Å². The summed E-state index contributed by atoms with van der Waals surface area (Å²) in [6.07, 6.45) is 1.11. The maximum Gasteiger partial charge on any atom is 0.396 e. The van der Waals surface area contributed by atoms with Crippen LogP contribution in [0.5, 0.6) is 0 Å². The van der Waals surface area contributed by atoms with E-state index in [1.54, 1.807) is 37.3 Å². The number of amides is 1. The second-order valence-corrected chi connectivity index (χ2v) is 7.53. The summed E-state index contributed by atoms with van der Waals surface area (Å²) in [5.41, 5.74) is 2.17. The number of alkyl halides is 3. The van der Waals surface area contributed by atoms with Gasteiger partial charge in [-0.2, -0.15) is 13.2 Å². The van der Waals surface area contributed by atoms with E-state index in [2.05, 4.69) is 21.9 Å². The Bertz CT molecular complexity index is 904. The Balaban J connectivity index is 2.84. The first kappa shape index (κ1) is 27.8. The molecule has 6 nitrogen and oxygen atoms in total. The summed E-state index contributed by atoms with van der Waals surface area (Å²) >= 11 is 0. The molecule has 0 spiro atoms. The van der Waals surface area contributed by atoms with Gasteiger partial charge in [-0.15, -0.1) is 0 Å². The van der Waals surface area contributed by atoms with Crippen molar-refractivity contribution in [1.29, 1.82) is 0 Å². The fourth-order valence-electron chi connectivity index (χ4n) is 2.66. The molecule has 0 aliphatic carbocycles. The Hall–Kier alpha value is -3.23. The second kappa shape index (κ2) is 13.3. The molecule has 0 saturated carbocycles. The number of hydrogen-bond acceptors (Lipinski definition) is 4. The van der Waals surface area contributed by atoms with Gasteiger partial charge in [-0.05, 0) is 50.1 Å². The van der Waals surface area contributed by atoms with Crippen LogP contribution < -0.4 is 5.32 Å². The Morgan fingerprint density at radius 2 is 1.85 bits per heavy atom. The standard InChI is InChI=1S/C24H30F3N3O3/c1-5-6-21(19-9-11-20(12-10-19)23(33)28-14-13-22(31)32)30-18(4)8-7-17(3)29-15-16(2)24(25,26)27/h7-12,15-16,21H,3,5-6,13-14H2,1-2,4H3,(H,28,33)(H,31,32)/b8-7-,29-15?,30-18?. The van der Waals surface area contributed by atoms with Crippen molar-refractivity contribution >= 4 is 23.8 Å². The Labute approximate surface area is 192 Å². The molecule has 0 fully saturated rings. The lowest BCUT2D eigenvalue weighted by atomic mass is 10.0. The van der Waals surface area contributed by atoms with Gasteiger partial charge in [0.05, 0.1) is 24.1 Å². The third-order valence-corrected chi connectivity index (χ3v) is 4.60. The molecule has 1 rings (SSSR count). The van der Waals surface area contributed by atoms with Crippen LogP contribution in [0.2, 0.25) is 0 Å². The van der Waals surface area contributed by atoms with Crippen molar-refractivity contribution in [2.45, 2.75) is 52.3 Å². The summed E-state index contributed by atoms with van der Waals surface area (Å²) in [5, 5.41) is 11.2. The Kier molecular flexibility index (Phi) is 11.2. The zero-order valence-corrected chi connectivity index (χ0v) is 19.0. The molecule has 0 aliphatic rings. The first-order valence-electron chi connectivity index (χ1n) is 10.6. The fraction of sp³-hybridized carbons (Fsp3) is 0.417. The Morgan fingerprint density at radius 3 is 2.39 bits per heavy atom. The predicted octanol–water partition coefficient (Wildman–Crippen LogP) is 5.53. The van der Waals surface area contributed by atoms with E-state index in [-0.39, 0.29) is 30.6 Å². The second-order valence-electron chi connectivity index (χ2n) is 7.53. The van der Waals surface area contributed by atoms with Gasteiger partial charge in [0, 0.05) is 24.0 Å². The monoisotopic (exact) mass is 465 g/mol. The molecular weight excluding hydrogens is 435 g/mol. The van der Waals surface area contributed by atoms with E-state index in [1.165, 1.54) is 6.08 Å². The summed E-state index contributed by atoms with van der Waals surface area (Å²) in [7, 11) is 0. The highest BCUT2D eigenvalue weighted by molar-refractivity contribution is 5.94. The molecule has 1 aromatic rings. The minimum absolute atomic E-state index is 0.0503. The number of halogens is 3. The highest BCUT2D eigenvalue weighted by atomic mass is 19.4. The summed E-state index contributed by atoms with van der Waals surface area (Å²) in [4.78, 5) is 31.1. The molecule has 0 saturated heterocycles. The molecule has 0 bridgehead atoms. The minimum Gasteiger partial charge on any atom is -0.481 e. The summed E-state index contributed by atoms with van der Waals surface area (Å²) in [5.74, 6) is -2.99. The average molecular weight is 466 g/mol. The van der Waals surface area contributed by atoms with Crippen molar-refractivity contribution in [2.24, 2.45) is 15.9 Å². The lowest BCUT2D eigenvalue weighted by molar-refractivity contribution is -0.149. The molecule has 0 radical (unpaired) electrons. The van der Waals surface area contributed by atoms with Crippen molar-refractivity contribution in [2.75, 3.05) is 6.54 Å². The Morgan fingerprint density at radius 1 is 1.21 bits per heavy atom. The number of hydrogen-bond donors (Lipinski definition) is 2. The molecule has 9 heteroatoms. The quantitative estimate of drug-likeness (QED) is 0.314. The third kappa shape index (κ3) is 10.8. The lowest BCUT2D eigenvalue weighted by Gasteiger charge is -2.14. The number of nitrogens with zero attached hydrogens (tertiary/aromatic N) is 2. The zero-order valence-electron chi connectivity index (χ0n) is 19.0. The number of rotatable bonds is 12. The maximum absolute atomic E-state index is 12.5. The van der Waals surface area contributed by atoms with E-state index >= 15 is 0 Å². The van der Waals surface area contributed by atoms with Crippen LogP contribution in [0.15, 0.2) is 58.7 Å². The molecule has 0 aliphatic heterocycles. The molecule has 180 valence electrons. The number of carbonyl (C=O) groups is 2. The molecular formula is C24H30F3N3O3. The van der Waals surface area contributed by atoms with Crippen molar-refractivity contribution in [1.82, 2.24) is 5.32 Å². The lowest BCUT2D eigenvalue weighted by Crippen LogP contribution is -2.25. The number of carboxylic acids is 1. The van der Waals surface area contributed by atoms with Gasteiger partial charge in [0.15, 0.2) is 0 Å². The van der Waals surface area contributed by atoms with E-state index in [1.807, 2.05) is 6.92 Å². The van der Waals surface area contributed by atoms with E-state index < -0.39 is 18.1 Å². The third-order valence-electron chi connectivity index (χ3n) is 4.60. The number of carboxylic acid groups (broad SMARTS) is 1. The number of allylic oxidation sites excluding steroid dienone is 2. The highest BCUT2D eigenvalue weighted by Crippen LogP contribution is 2.25. The number of nitrogens with one attached hydrogen (secondary N) is 1. The molecule has 1 aromatic carbocycles. The molecule has 0 heterocycles. The van der Waals surface area contributed by atoms with E-state index in [9.17, 15) is 22.8 Å².